The molecule has 0 saturated carbocycles. The number of ether oxygens (including phenoxy) is 3. The number of nitrogens with one attached hydrogen (secondary N) is 1. The van der Waals surface area contributed by atoms with Crippen LogP contribution in [0.2, 0.25) is 0 Å². The summed E-state index contributed by atoms with van der Waals surface area (Å²) in [7, 11) is 1.57. The summed E-state index contributed by atoms with van der Waals surface area (Å²) in [5.74, 6) is 0.458. The number of amides is 1. The standard InChI is InChI=1S/C22H27NO5/c1-4-5-14-27-19-12-10-17(11-13-19)22(25)28-16(2)21(24)23-15-18-8-6-7-9-20(18)26-3/h6-13,16H,4-5,14-15H2,1-3H3,(H,23,24). The summed E-state index contributed by atoms with van der Waals surface area (Å²) >= 11 is 0. The molecule has 0 aliphatic rings. The van der Waals surface area contributed by atoms with Crippen molar-refractivity contribution in [3.63, 3.8) is 0 Å². The second kappa shape index (κ2) is 11.0. The van der Waals surface area contributed by atoms with E-state index in [2.05, 4.69) is 12.2 Å². The van der Waals surface area contributed by atoms with Crippen LogP contribution in [0, 0.1) is 0 Å². The third-order valence-electron chi connectivity index (χ3n) is 4.16. The van der Waals surface area contributed by atoms with Crippen LogP contribution in [0.4, 0.5) is 0 Å². The zero-order valence-electron chi connectivity index (χ0n) is 16.6. The number of methoxy groups -OCH3 is 1. The SMILES string of the molecule is CCCCOc1ccc(C(=O)OC(C)C(=O)NCc2ccccc2OC)cc1. The maximum Gasteiger partial charge on any atom is 0.338 e. The van der Waals surface area contributed by atoms with E-state index in [4.69, 9.17) is 14.2 Å². The predicted octanol–water partition coefficient (Wildman–Crippen LogP) is 3.74. The highest BCUT2D eigenvalue weighted by Gasteiger charge is 2.19. The molecule has 0 aromatic heterocycles. The van der Waals surface area contributed by atoms with E-state index in [9.17, 15) is 9.59 Å². The Balaban J connectivity index is 1.84. The molecule has 2 aromatic carbocycles. The van der Waals surface area contributed by atoms with Crippen LogP contribution >= 0.6 is 0 Å². The van der Waals surface area contributed by atoms with E-state index in [1.165, 1.54) is 6.92 Å². The Bertz CT molecular complexity index is 773. The number of rotatable bonds is 10. The molecule has 0 saturated heterocycles. The largest absolute Gasteiger partial charge is 0.496 e. The van der Waals surface area contributed by atoms with Gasteiger partial charge in [-0.1, -0.05) is 31.5 Å². The van der Waals surface area contributed by atoms with Gasteiger partial charge in [-0.05, 0) is 43.7 Å². The predicted molar refractivity (Wildman–Crippen MR) is 107 cm³/mol. The van der Waals surface area contributed by atoms with Crippen molar-refractivity contribution in [3.05, 3.63) is 59.7 Å². The minimum atomic E-state index is -0.914. The average Bonchev–Trinajstić information content (AvgIpc) is 2.72. The van der Waals surface area contributed by atoms with Crippen LogP contribution < -0.4 is 14.8 Å². The molecule has 0 aliphatic heterocycles. The van der Waals surface area contributed by atoms with Gasteiger partial charge in [-0.2, -0.15) is 0 Å². The topological polar surface area (TPSA) is 73.9 Å². The number of unbranched alkanes of at least 4 members (excludes halogenated alkanes) is 1. The molecule has 0 radical (unpaired) electrons. The molecule has 1 N–H and O–H groups in total. The van der Waals surface area contributed by atoms with Crippen LogP contribution in [-0.2, 0) is 16.1 Å². The van der Waals surface area contributed by atoms with Gasteiger partial charge in [-0.25, -0.2) is 4.79 Å². The van der Waals surface area contributed by atoms with Gasteiger partial charge in [0.25, 0.3) is 5.91 Å². The first-order valence-corrected chi connectivity index (χ1v) is 9.38. The number of carbonyl (C=O) groups is 2. The Hall–Kier alpha value is -3.02. The lowest BCUT2D eigenvalue weighted by molar-refractivity contribution is -0.129. The average molecular weight is 385 g/mol. The van der Waals surface area contributed by atoms with E-state index < -0.39 is 12.1 Å². The number of carbonyl (C=O) groups excluding carboxylic acids is 2. The van der Waals surface area contributed by atoms with E-state index in [1.807, 2.05) is 24.3 Å². The van der Waals surface area contributed by atoms with Crippen LogP contribution in [0.1, 0.15) is 42.6 Å². The lowest BCUT2D eigenvalue weighted by Gasteiger charge is -2.15. The van der Waals surface area contributed by atoms with Crippen molar-refractivity contribution >= 4 is 11.9 Å². The molecular formula is C22H27NO5. The van der Waals surface area contributed by atoms with E-state index in [0.717, 1.165) is 18.4 Å². The van der Waals surface area contributed by atoms with Crippen LogP contribution in [0.15, 0.2) is 48.5 Å². The molecule has 0 spiro atoms. The van der Waals surface area contributed by atoms with Gasteiger partial charge in [-0.15, -0.1) is 0 Å². The highest BCUT2D eigenvalue weighted by Crippen LogP contribution is 2.17. The summed E-state index contributed by atoms with van der Waals surface area (Å²) < 4.78 is 16.1. The molecule has 2 rings (SSSR count). The summed E-state index contributed by atoms with van der Waals surface area (Å²) in [6, 6.07) is 14.1. The third-order valence-corrected chi connectivity index (χ3v) is 4.16. The Morgan fingerprint density at radius 1 is 1.07 bits per heavy atom. The fourth-order valence-electron chi connectivity index (χ4n) is 2.48. The second-order valence-corrected chi connectivity index (χ2v) is 6.30. The minimum absolute atomic E-state index is 0.286. The normalized spacial score (nSPS) is 11.4. The molecule has 150 valence electrons. The molecule has 6 nitrogen and oxygen atoms in total. The van der Waals surface area contributed by atoms with Gasteiger partial charge in [0.1, 0.15) is 11.5 Å². The maximum atomic E-state index is 12.2. The zero-order valence-corrected chi connectivity index (χ0v) is 16.6. The van der Waals surface area contributed by atoms with Gasteiger partial charge >= 0.3 is 5.97 Å². The highest BCUT2D eigenvalue weighted by atomic mass is 16.5. The van der Waals surface area contributed by atoms with Gasteiger partial charge in [0.05, 0.1) is 19.3 Å². The molecule has 6 heteroatoms. The second-order valence-electron chi connectivity index (χ2n) is 6.30. The van der Waals surface area contributed by atoms with Crippen molar-refractivity contribution in [3.8, 4) is 11.5 Å². The van der Waals surface area contributed by atoms with Gasteiger partial charge in [0.15, 0.2) is 6.10 Å². The van der Waals surface area contributed by atoms with Crippen molar-refractivity contribution in [2.45, 2.75) is 39.3 Å². The van der Waals surface area contributed by atoms with Crippen LogP contribution in [-0.4, -0.2) is 31.7 Å². The van der Waals surface area contributed by atoms with Gasteiger partial charge in [-0.3, -0.25) is 4.79 Å². The monoisotopic (exact) mass is 385 g/mol. The molecule has 2 aromatic rings. The number of para-hydroxylation sites is 1. The minimum Gasteiger partial charge on any atom is -0.496 e. The number of esters is 1. The van der Waals surface area contributed by atoms with E-state index in [1.54, 1.807) is 31.4 Å². The van der Waals surface area contributed by atoms with Crippen molar-refractivity contribution < 1.29 is 23.8 Å². The van der Waals surface area contributed by atoms with Crippen LogP contribution in [0.3, 0.4) is 0 Å². The molecule has 28 heavy (non-hydrogen) atoms. The molecule has 0 heterocycles. The lowest BCUT2D eigenvalue weighted by atomic mass is 10.2. The fourth-order valence-corrected chi connectivity index (χ4v) is 2.48. The zero-order chi connectivity index (χ0) is 20.4. The molecule has 0 aliphatic carbocycles. The summed E-state index contributed by atoms with van der Waals surface area (Å²) in [5, 5.41) is 2.75. The summed E-state index contributed by atoms with van der Waals surface area (Å²) in [6.07, 6.45) is 1.12. The molecular weight excluding hydrogens is 358 g/mol. The van der Waals surface area contributed by atoms with Gasteiger partial charge < -0.3 is 19.5 Å². The van der Waals surface area contributed by atoms with Crippen molar-refractivity contribution in [1.29, 1.82) is 0 Å². The van der Waals surface area contributed by atoms with E-state index in [0.29, 0.717) is 23.7 Å². The molecule has 1 unspecified atom stereocenters. The summed E-state index contributed by atoms with van der Waals surface area (Å²) in [4.78, 5) is 24.5. The van der Waals surface area contributed by atoms with Crippen LogP contribution in [0.25, 0.3) is 0 Å². The fraction of sp³-hybridized carbons (Fsp3) is 0.364. The highest BCUT2D eigenvalue weighted by molar-refractivity contribution is 5.92. The first kappa shape index (κ1) is 21.3. The smallest absolute Gasteiger partial charge is 0.338 e. The van der Waals surface area contributed by atoms with Crippen molar-refractivity contribution in [2.24, 2.45) is 0 Å². The summed E-state index contributed by atoms with van der Waals surface area (Å²) in [5.41, 5.74) is 1.21. The Labute approximate surface area is 165 Å². The first-order valence-electron chi connectivity index (χ1n) is 9.38. The number of hydrogen-bond acceptors (Lipinski definition) is 5. The Morgan fingerprint density at radius 3 is 2.46 bits per heavy atom. The molecule has 1 amide bonds. The molecule has 1 atom stereocenters. The number of hydrogen-bond donors (Lipinski definition) is 1. The molecule has 0 bridgehead atoms. The Morgan fingerprint density at radius 2 is 1.79 bits per heavy atom. The lowest BCUT2D eigenvalue weighted by Crippen LogP contribution is -2.35. The third kappa shape index (κ3) is 6.30. The van der Waals surface area contributed by atoms with Gasteiger partial charge in [0.2, 0.25) is 0 Å². The van der Waals surface area contributed by atoms with E-state index in [-0.39, 0.29) is 12.5 Å². The maximum absolute atomic E-state index is 12.2. The quantitative estimate of drug-likeness (QED) is 0.498. The van der Waals surface area contributed by atoms with Crippen LogP contribution in [0.5, 0.6) is 11.5 Å². The van der Waals surface area contributed by atoms with Crippen molar-refractivity contribution in [1.82, 2.24) is 5.32 Å². The molecule has 0 fully saturated rings. The van der Waals surface area contributed by atoms with Gasteiger partial charge in [0, 0.05) is 12.1 Å². The van der Waals surface area contributed by atoms with E-state index >= 15 is 0 Å². The Kier molecular flexibility index (Phi) is 8.34. The van der Waals surface area contributed by atoms with Crippen molar-refractivity contribution in [2.75, 3.05) is 13.7 Å². The number of benzene rings is 2. The first-order chi connectivity index (χ1) is 13.5. The summed E-state index contributed by atoms with van der Waals surface area (Å²) in [6.45, 7) is 4.56.